The van der Waals surface area contributed by atoms with E-state index in [1.54, 1.807) is 0 Å². The molecule has 4 atom stereocenters. The lowest BCUT2D eigenvalue weighted by Gasteiger charge is -2.24. The first kappa shape index (κ1) is 23.3. The second kappa shape index (κ2) is 11.0. The predicted molar refractivity (Wildman–Crippen MR) is 86.5 cm³/mol. The fourth-order valence-electron chi connectivity index (χ4n) is 1.88. The molecule has 0 spiro atoms. The first-order valence-electron chi connectivity index (χ1n) is 7.73. The van der Waals surface area contributed by atoms with Crippen LogP contribution < -0.4 is 22.1 Å². The molecule has 0 aliphatic carbocycles. The molecular formula is C14H24N4O8. The van der Waals surface area contributed by atoms with E-state index in [9.17, 15) is 29.1 Å². The lowest BCUT2D eigenvalue weighted by atomic mass is 10.1. The molecule has 0 aromatic rings. The molecule has 0 aliphatic rings. The predicted octanol–water partition coefficient (Wildman–Crippen LogP) is -3.12. The summed E-state index contributed by atoms with van der Waals surface area (Å²) >= 11 is 0. The molecule has 0 heterocycles. The van der Waals surface area contributed by atoms with Gasteiger partial charge in [0.25, 0.3) is 0 Å². The van der Waals surface area contributed by atoms with Gasteiger partial charge in [-0.25, -0.2) is 4.79 Å². The van der Waals surface area contributed by atoms with E-state index in [0.717, 1.165) is 0 Å². The van der Waals surface area contributed by atoms with Crippen LogP contribution in [0.15, 0.2) is 0 Å². The van der Waals surface area contributed by atoms with Crippen LogP contribution in [-0.2, 0) is 24.0 Å². The molecule has 12 heteroatoms. The Bertz CT molecular complexity index is 551. The summed E-state index contributed by atoms with van der Waals surface area (Å²) in [5, 5.41) is 31.5. The van der Waals surface area contributed by atoms with Crippen LogP contribution in [0.5, 0.6) is 0 Å². The summed E-state index contributed by atoms with van der Waals surface area (Å²) in [6.07, 6.45) is -2.51. The van der Waals surface area contributed by atoms with Crippen LogP contribution in [0.2, 0.25) is 0 Å². The smallest absolute Gasteiger partial charge is 0.326 e. The largest absolute Gasteiger partial charge is 0.481 e. The van der Waals surface area contributed by atoms with Gasteiger partial charge >= 0.3 is 11.9 Å². The van der Waals surface area contributed by atoms with E-state index >= 15 is 0 Å². The number of primary amides is 1. The van der Waals surface area contributed by atoms with E-state index < -0.39 is 53.9 Å². The van der Waals surface area contributed by atoms with Gasteiger partial charge in [0.15, 0.2) is 0 Å². The normalized spacial score (nSPS) is 15.2. The number of hydrogen-bond donors (Lipinski definition) is 7. The van der Waals surface area contributed by atoms with Crippen molar-refractivity contribution in [1.82, 2.24) is 10.6 Å². The molecule has 4 unspecified atom stereocenters. The number of carbonyl (C=O) groups excluding carboxylic acids is 3. The number of nitrogens with two attached hydrogens (primary N) is 2. The number of hydrogen-bond acceptors (Lipinski definition) is 7. The lowest BCUT2D eigenvalue weighted by molar-refractivity contribution is -0.143. The van der Waals surface area contributed by atoms with Crippen molar-refractivity contribution in [2.75, 3.05) is 0 Å². The number of nitrogens with one attached hydrogen (secondary N) is 2. The summed E-state index contributed by atoms with van der Waals surface area (Å²) in [5.74, 6) is -5.22. The van der Waals surface area contributed by atoms with Gasteiger partial charge in [0, 0.05) is 12.8 Å². The average molecular weight is 376 g/mol. The number of carboxylic acids is 2. The Kier molecular flexibility index (Phi) is 9.84. The van der Waals surface area contributed by atoms with Gasteiger partial charge in [-0.15, -0.1) is 0 Å². The zero-order valence-electron chi connectivity index (χ0n) is 14.2. The Morgan fingerprint density at radius 2 is 1.54 bits per heavy atom. The van der Waals surface area contributed by atoms with Crippen molar-refractivity contribution in [3.8, 4) is 0 Å². The highest BCUT2D eigenvalue weighted by atomic mass is 16.4. The van der Waals surface area contributed by atoms with Gasteiger partial charge < -0.3 is 37.4 Å². The fourth-order valence-corrected chi connectivity index (χ4v) is 1.88. The second-order valence-corrected chi connectivity index (χ2v) is 5.67. The summed E-state index contributed by atoms with van der Waals surface area (Å²) in [6, 6.07) is -4.20. The van der Waals surface area contributed by atoms with Crippen LogP contribution in [0.3, 0.4) is 0 Å². The van der Waals surface area contributed by atoms with Crippen molar-refractivity contribution in [1.29, 1.82) is 0 Å². The molecule has 0 bridgehead atoms. The number of rotatable bonds is 12. The van der Waals surface area contributed by atoms with Gasteiger partial charge in [-0.2, -0.15) is 0 Å². The average Bonchev–Trinajstić information content (AvgIpc) is 2.52. The van der Waals surface area contributed by atoms with Gasteiger partial charge in [-0.1, -0.05) is 0 Å². The van der Waals surface area contributed by atoms with E-state index in [1.165, 1.54) is 6.92 Å². The fraction of sp³-hybridized carbons (Fsp3) is 0.643. The van der Waals surface area contributed by atoms with Gasteiger partial charge in [0.2, 0.25) is 17.7 Å². The molecule has 0 rings (SSSR count). The third-order valence-electron chi connectivity index (χ3n) is 3.36. The quantitative estimate of drug-likeness (QED) is 0.183. The minimum Gasteiger partial charge on any atom is -0.481 e. The third-order valence-corrected chi connectivity index (χ3v) is 3.36. The second-order valence-electron chi connectivity index (χ2n) is 5.67. The third kappa shape index (κ3) is 8.94. The van der Waals surface area contributed by atoms with Crippen LogP contribution in [0.1, 0.15) is 32.6 Å². The summed E-state index contributed by atoms with van der Waals surface area (Å²) in [4.78, 5) is 56.4. The minimum absolute atomic E-state index is 0.189. The number of aliphatic carboxylic acids is 2. The highest BCUT2D eigenvalue weighted by molar-refractivity contribution is 5.92. The standard InChI is InChI=1S/C14H24N4O8/c1-6(19)11(18-12(23)7(15)2-5-10(21)22)13(24)17-8(14(25)26)3-4-9(16)20/h6-8,11,19H,2-5,15H2,1H3,(H2,16,20)(H,17,24)(H,18,23)(H,21,22)(H,25,26). The number of aliphatic hydroxyl groups is 1. The minimum atomic E-state index is -1.52. The summed E-state index contributed by atoms with van der Waals surface area (Å²) in [5.41, 5.74) is 10.4. The maximum Gasteiger partial charge on any atom is 0.326 e. The maximum atomic E-state index is 12.2. The monoisotopic (exact) mass is 376 g/mol. The topological polar surface area (TPSA) is 222 Å². The van der Waals surface area contributed by atoms with Crippen LogP contribution >= 0.6 is 0 Å². The molecule has 0 aromatic heterocycles. The van der Waals surface area contributed by atoms with Gasteiger partial charge in [-0.3, -0.25) is 19.2 Å². The van der Waals surface area contributed by atoms with Crippen molar-refractivity contribution in [2.24, 2.45) is 11.5 Å². The first-order chi connectivity index (χ1) is 12.0. The van der Waals surface area contributed by atoms with Crippen molar-refractivity contribution in [3.63, 3.8) is 0 Å². The van der Waals surface area contributed by atoms with Gasteiger partial charge in [0.1, 0.15) is 12.1 Å². The Hall–Kier alpha value is -2.73. The van der Waals surface area contributed by atoms with Crippen molar-refractivity contribution in [3.05, 3.63) is 0 Å². The molecule has 9 N–H and O–H groups in total. The number of carboxylic acid groups (broad SMARTS) is 2. The molecule has 0 aliphatic heterocycles. The van der Waals surface area contributed by atoms with Crippen LogP contribution in [-0.4, -0.2) is 69.2 Å². The molecule has 26 heavy (non-hydrogen) atoms. The maximum absolute atomic E-state index is 12.2. The number of carbonyl (C=O) groups is 5. The molecular weight excluding hydrogens is 352 g/mol. The van der Waals surface area contributed by atoms with Crippen molar-refractivity contribution < 1.29 is 39.3 Å². The first-order valence-corrected chi connectivity index (χ1v) is 7.73. The van der Waals surface area contributed by atoms with Gasteiger partial charge in [0.05, 0.1) is 12.1 Å². The van der Waals surface area contributed by atoms with E-state index in [1.807, 2.05) is 0 Å². The highest BCUT2D eigenvalue weighted by Crippen LogP contribution is 2.02. The molecule has 3 amide bonds. The highest BCUT2D eigenvalue weighted by Gasteiger charge is 2.31. The Morgan fingerprint density at radius 3 is 1.96 bits per heavy atom. The Labute approximate surface area is 148 Å². The summed E-state index contributed by atoms with van der Waals surface area (Å²) in [6.45, 7) is 1.19. The molecule has 0 radical (unpaired) electrons. The SMILES string of the molecule is CC(O)C(NC(=O)C(N)CCC(=O)O)C(=O)NC(CCC(N)=O)C(=O)O. The zero-order valence-corrected chi connectivity index (χ0v) is 14.2. The number of amides is 3. The molecule has 0 saturated carbocycles. The Morgan fingerprint density at radius 1 is 0.962 bits per heavy atom. The summed E-state index contributed by atoms with van der Waals surface area (Å²) in [7, 11) is 0. The van der Waals surface area contributed by atoms with Crippen LogP contribution in [0, 0.1) is 0 Å². The van der Waals surface area contributed by atoms with E-state index in [4.69, 9.17) is 21.7 Å². The molecule has 148 valence electrons. The van der Waals surface area contributed by atoms with Gasteiger partial charge in [-0.05, 0) is 19.8 Å². The van der Waals surface area contributed by atoms with E-state index in [2.05, 4.69) is 10.6 Å². The molecule has 0 fully saturated rings. The summed E-state index contributed by atoms with van der Waals surface area (Å²) < 4.78 is 0. The van der Waals surface area contributed by atoms with Crippen molar-refractivity contribution in [2.45, 2.75) is 56.8 Å². The Balaban J connectivity index is 4.92. The number of aliphatic hydroxyl groups excluding tert-OH is 1. The zero-order chi connectivity index (χ0) is 20.4. The molecule has 0 saturated heterocycles. The lowest BCUT2D eigenvalue weighted by Crippen LogP contribution is -2.58. The van der Waals surface area contributed by atoms with E-state index in [-0.39, 0.29) is 25.7 Å². The molecule has 0 aromatic carbocycles. The van der Waals surface area contributed by atoms with Crippen molar-refractivity contribution >= 4 is 29.7 Å². The molecule has 12 nitrogen and oxygen atoms in total. The van der Waals surface area contributed by atoms with E-state index in [0.29, 0.717) is 0 Å². The van der Waals surface area contributed by atoms with Crippen LogP contribution in [0.4, 0.5) is 0 Å². The van der Waals surface area contributed by atoms with Crippen LogP contribution in [0.25, 0.3) is 0 Å².